The first-order valence-corrected chi connectivity index (χ1v) is 5.40. The van der Waals surface area contributed by atoms with Crippen LogP contribution in [0.1, 0.15) is 24.2 Å². The molecule has 0 aliphatic heterocycles. The van der Waals surface area contributed by atoms with Crippen molar-refractivity contribution in [2.24, 2.45) is 11.1 Å². The summed E-state index contributed by atoms with van der Waals surface area (Å²) in [6, 6.07) is 4.09. The van der Waals surface area contributed by atoms with Gasteiger partial charge >= 0.3 is 0 Å². The molecule has 0 radical (unpaired) electrons. The summed E-state index contributed by atoms with van der Waals surface area (Å²) in [4.78, 5) is 22.9. The number of hydrogen-bond acceptors (Lipinski definition) is 4. The van der Waals surface area contributed by atoms with Crippen LogP contribution < -0.4 is 16.8 Å². The molecule has 6 N–H and O–H groups in total. The van der Waals surface area contributed by atoms with Gasteiger partial charge in [0.25, 0.3) is 5.91 Å². The molecular formula is C12H17N3O3. The Morgan fingerprint density at radius 2 is 2.00 bits per heavy atom. The van der Waals surface area contributed by atoms with Crippen LogP contribution >= 0.6 is 0 Å². The fourth-order valence-corrected chi connectivity index (χ4v) is 1.22. The minimum Gasteiger partial charge on any atom is -0.508 e. The molecule has 0 heterocycles. The number of phenolic OH excluding ortho intramolecular Hbond substituents is 1. The summed E-state index contributed by atoms with van der Waals surface area (Å²) >= 11 is 0. The van der Waals surface area contributed by atoms with Gasteiger partial charge in [0.1, 0.15) is 5.75 Å². The lowest BCUT2D eigenvalue weighted by Crippen LogP contribution is -2.42. The lowest BCUT2D eigenvalue weighted by atomic mass is 9.92. The first kappa shape index (κ1) is 13.8. The van der Waals surface area contributed by atoms with Crippen molar-refractivity contribution in [3.8, 4) is 5.75 Å². The molecule has 0 fully saturated rings. The van der Waals surface area contributed by atoms with E-state index in [4.69, 9.17) is 11.5 Å². The Morgan fingerprint density at radius 3 is 2.56 bits per heavy atom. The van der Waals surface area contributed by atoms with E-state index >= 15 is 0 Å². The first-order valence-electron chi connectivity index (χ1n) is 5.40. The van der Waals surface area contributed by atoms with Crippen LogP contribution in [-0.4, -0.2) is 23.5 Å². The Morgan fingerprint density at radius 1 is 1.39 bits per heavy atom. The van der Waals surface area contributed by atoms with Gasteiger partial charge in [-0.25, -0.2) is 0 Å². The van der Waals surface area contributed by atoms with Crippen molar-refractivity contribution in [2.75, 3.05) is 12.3 Å². The molecule has 0 unspecified atom stereocenters. The molecule has 0 saturated carbocycles. The molecule has 6 nitrogen and oxygen atoms in total. The van der Waals surface area contributed by atoms with E-state index in [1.54, 1.807) is 13.8 Å². The lowest BCUT2D eigenvalue weighted by molar-refractivity contribution is -0.125. The standard InChI is InChI=1S/C12H17N3O3/c1-12(2,11(14)18)6-15-10(17)8-5-7(16)3-4-9(8)13/h3-5,16H,6,13H2,1-2H3,(H2,14,18)(H,15,17). The molecule has 1 aromatic carbocycles. The van der Waals surface area contributed by atoms with Crippen LogP contribution in [0.15, 0.2) is 18.2 Å². The zero-order valence-electron chi connectivity index (χ0n) is 10.4. The van der Waals surface area contributed by atoms with Gasteiger partial charge in [-0.3, -0.25) is 9.59 Å². The van der Waals surface area contributed by atoms with Crippen LogP contribution in [0.4, 0.5) is 5.69 Å². The number of amides is 2. The molecule has 0 aliphatic carbocycles. The van der Waals surface area contributed by atoms with Crippen molar-refractivity contribution in [1.29, 1.82) is 0 Å². The van der Waals surface area contributed by atoms with Crippen LogP contribution in [0.3, 0.4) is 0 Å². The lowest BCUT2D eigenvalue weighted by Gasteiger charge is -2.20. The highest BCUT2D eigenvalue weighted by Gasteiger charge is 2.25. The van der Waals surface area contributed by atoms with Crippen molar-refractivity contribution in [2.45, 2.75) is 13.8 Å². The number of benzene rings is 1. The van der Waals surface area contributed by atoms with Crippen molar-refractivity contribution in [3.05, 3.63) is 23.8 Å². The molecule has 98 valence electrons. The van der Waals surface area contributed by atoms with Gasteiger partial charge in [-0.15, -0.1) is 0 Å². The molecule has 0 saturated heterocycles. The van der Waals surface area contributed by atoms with E-state index in [2.05, 4.69) is 5.32 Å². The zero-order valence-corrected chi connectivity index (χ0v) is 10.4. The number of aromatic hydroxyl groups is 1. The van der Waals surface area contributed by atoms with Crippen LogP contribution in [0, 0.1) is 5.41 Å². The molecule has 18 heavy (non-hydrogen) atoms. The predicted molar refractivity (Wildman–Crippen MR) is 67.8 cm³/mol. The number of phenols is 1. The number of primary amides is 1. The number of carbonyl (C=O) groups excluding carboxylic acids is 2. The van der Waals surface area contributed by atoms with Crippen LogP contribution in [0.25, 0.3) is 0 Å². The molecule has 0 aliphatic rings. The maximum Gasteiger partial charge on any atom is 0.253 e. The second-order valence-corrected chi connectivity index (χ2v) is 4.70. The van der Waals surface area contributed by atoms with Crippen molar-refractivity contribution < 1.29 is 14.7 Å². The summed E-state index contributed by atoms with van der Waals surface area (Å²) in [7, 11) is 0. The van der Waals surface area contributed by atoms with E-state index in [9.17, 15) is 14.7 Å². The number of carbonyl (C=O) groups is 2. The van der Waals surface area contributed by atoms with Gasteiger partial charge in [0.05, 0.1) is 11.0 Å². The summed E-state index contributed by atoms with van der Waals surface area (Å²) in [6.45, 7) is 3.35. The Bertz CT molecular complexity index is 483. The third-order valence-corrected chi connectivity index (χ3v) is 2.64. The Labute approximate surface area is 105 Å². The minimum absolute atomic E-state index is 0.0523. The average Bonchev–Trinajstić information content (AvgIpc) is 2.29. The molecule has 0 aromatic heterocycles. The molecule has 1 aromatic rings. The van der Waals surface area contributed by atoms with E-state index in [-0.39, 0.29) is 23.5 Å². The van der Waals surface area contributed by atoms with E-state index < -0.39 is 17.2 Å². The topological polar surface area (TPSA) is 118 Å². The number of hydrogen-bond donors (Lipinski definition) is 4. The monoisotopic (exact) mass is 251 g/mol. The largest absolute Gasteiger partial charge is 0.508 e. The molecule has 6 heteroatoms. The minimum atomic E-state index is -0.846. The van der Waals surface area contributed by atoms with Crippen molar-refractivity contribution in [3.63, 3.8) is 0 Å². The van der Waals surface area contributed by atoms with E-state index in [0.29, 0.717) is 0 Å². The maximum atomic E-state index is 11.8. The molecule has 2 amide bonds. The quantitative estimate of drug-likeness (QED) is 0.452. The van der Waals surface area contributed by atoms with Crippen molar-refractivity contribution in [1.82, 2.24) is 5.32 Å². The molecule has 0 bridgehead atoms. The van der Waals surface area contributed by atoms with E-state index in [1.807, 2.05) is 0 Å². The van der Waals surface area contributed by atoms with Crippen molar-refractivity contribution >= 4 is 17.5 Å². The normalized spacial score (nSPS) is 11.0. The van der Waals surface area contributed by atoms with Gasteiger partial charge in [-0.1, -0.05) is 0 Å². The highest BCUT2D eigenvalue weighted by atomic mass is 16.3. The van der Waals surface area contributed by atoms with Gasteiger partial charge in [0.15, 0.2) is 0 Å². The predicted octanol–water partition coefficient (Wildman–Crippen LogP) is 0.216. The fraction of sp³-hybridized carbons (Fsp3) is 0.333. The van der Waals surface area contributed by atoms with Gasteiger partial charge in [0, 0.05) is 12.2 Å². The summed E-state index contributed by atoms with van der Waals surface area (Å²) in [5, 5.41) is 11.9. The van der Waals surface area contributed by atoms with Gasteiger partial charge in [0.2, 0.25) is 5.91 Å². The van der Waals surface area contributed by atoms with Crippen LogP contribution in [0.2, 0.25) is 0 Å². The van der Waals surface area contributed by atoms with Gasteiger partial charge in [-0.2, -0.15) is 0 Å². The number of nitrogens with two attached hydrogens (primary N) is 2. The summed E-state index contributed by atoms with van der Waals surface area (Å²) in [6.07, 6.45) is 0. The van der Waals surface area contributed by atoms with Gasteiger partial charge < -0.3 is 21.9 Å². The molecule has 0 spiro atoms. The van der Waals surface area contributed by atoms with E-state index in [0.717, 1.165) is 0 Å². The number of nitrogen functional groups attached to an aromatic ring is 1. The number of anilines is 1. The molecular weight excluding hydrogens is 234 g/mol. The maximum absolute atomic E-state index is 11.8. The third kappa shape index (κ3) is 3.13. The Hall–Kier alpha value is -2.24. The summed E-state index contributed by atoms with van der Waals surface area (Å²) < 4.78 is 0. The SMILES string of the molecule is CC(C)(CNC(=O)c1cc(O)ccc1N)C(N)=O. The molecule has 1 rings (SSSR count). The Kier molecular flexibility index (Phi) is 3.80. The molecule has 0 atom stereocenters. The fourth-order valence-electron chi connectivity index (χ4n) is 1.22. The first-order chi connectivity index (χ1) is 8.24. The third-order valence-electron chi connectivity index (χ3n) is 2.64. The van der Waals surface area contributed by atoms with Crippen LogP contribution in [-0.2, 0) is 4.79 Å². The average molecular weight is 251 g/mol. The van der Waals surface area contributed by atoms with Gasteiger partial charge in [-0.05, 0) is 32.0 Å². The second kappa shape index (κ2) is 4.95. The summed E-state index contributed by atoms with van der Waals surface area (Å²) in [5.41, 5.74) is 10.4. The van der Waals surface area contributed by atoms with Crippen LogP contribution in [0.5, 0.6) is 5.75 Å². The van der Waals surface area contributed by atoms with E-state index in [1.165, 1.54) is 18.2 Å². The Balaban J connectivity index is 2.78. The number of nitrogens with one attached hydrogen (secondary N) is 1. The zero-order chi connectivity index (χ0) is 13.9. The summed E-state index contributed by atoms with van der Waals surface area (Å²) in [5.74, 6) is -1.02. The second-order valence-electron chi connectivity index (χ2n) is 4.70. The highest BCUT2D eigenvalue weighted by Crippen LogP contribution is 2.19. The number of rotatable bonds is 4. The smallest absolute Gasteiger partial charge is 0.253 e. The highest BCUT2D eigenvalue weighted by molar-refractivity contribution is 5.99.